The normalized spacial score (nSPS) is 12.4. The number of nitrogens with one attached hydrogen (secondary N) is 1. The fourth-order valence-electron chi connectivity index (χ4n) is 2.11. The first-order valence-electron chi connectivity index (χ1n) is 7.53. The van der Waals surface area contributed by atoms with Gasteiger partial charge in [0.1, 0.15) is 6.04 Å². The second-order valence-corrected chi connectivity index (χ2v) is 5.66. The Balaban J connectivity index is 2.01. The van der Waals surface area contributed by atoms with Crippen LogP contribution in [0, 0.1) is 12.8 Å². The van der Waals surface area contributed by atoms with E-state index in [1.807, 2.05) is 32.2 Å². The molecule has 0 aromatic carbocycles. The van der Waals surface area contributed by atoms with Crippen LogP contribution in [0.25, 0.3) is 0 Å². The quantitative estimate of drug-likeness (QED) is 0.886. The molecule has 0 aliphatic heterocycles. The highest BCUT2D eigenvalue weighted by molar-refractivity contribution is 5.78. The molecule has 6 heteroatoms. The zero-order chi connectivity index (χ0) is 16.1. The van der Waals surface area contributed by atoms with Crippen LogP contribution in [-0.2, 0) is 17.6 Å². The molecule has 118 valence electrons. The molecule has 0 bridgehead atoms. The first kappa shape index (κ1) is 16.1. The lowest BCUT2D eigenvalue weighted by Crippen LogP contribution is -2.33. The number of aromatic nitrogens is 3. The molecule has 0 aliphatic rings. The number of amides is 1. The van der Waals surface area contributed by atoms with Crippen molar-refractivity contribution >= 4 is 5.91 Å². The summed E-state index contributed by atoms with van der Waals surface area (Å²) in [5.41, 5.74) is 1.91. The molecule has 1 atom stereocenters. The van der Waals surface area contributed by atoms with E-state index in [0.717, 1.165) is 17.7 Å². The highest BCUT2D eigenvalue weighted by Crippen LogP contribution is 2.20. The topological polar surface area (TPSA) is 80.9 Å². The molecule has 1 unspecified atom stereocenters. The summed E-state index contributed by atoms with van der Waals surface area (Å²) in [6.45, 7) is 7.83. The van der Waals surface area contributed by atoms with E-state index >= 15 is 0 Å². The minimum atomic E-state index is -0.288. The van der Waals surface area contributed by atoms with Gasteiger partial charge in [-0.15, -0.1) is 0 Å². The number of aryl methyl sites for hydroxylation is 2. The molecule has 2 rings (SSSR count). The summed E-state index contributed by atoms with van der Waals surface area (Å²) in [6, 6.07) is 3.60. The Morgan fingerprint density at radius 2 is 2.14 bits per heavy atom. The first-order valence-corrected chi connectivity index (χ1v) is 7.53. The SMILES string of the molecule is CCc1ccc(CC(=O)NC(c2nc(C)no2)C(C)C)nc1. The second kappa shape index (κ2) is 7.15. The van der Waals surface area contributed by atoms with E-state index in [2.05, 4.69) is 27.4 Å². The molecule has 1 N–H and O–H groups in total. The molecule has 2 heterocycles. The van der Waals surface area contributed by atoms with Crippen molar-refractivity contribution in [2.45, 2.75) is 46.6 Å². The van der Waals surface area contributed by atoms with E-state index in [0.29, 0.717) is 11.7 Å². The molecular weight excluding hydrogens is 280 g/mol. The van der Waals surface area contributed by atoms with E-state index in [1.165, 1.54) is 0 Å². The van der Waals surface area contributed by atoms with Gasteiger partial charge in [-0.05, 0) is 30.9 Å². The fourth-order valence-corrected chi connectivity index (χ4v) is 2.11. The number of carbonyl (C=O) groups is 1. The molecule has 22 heavy (non-hydrogen) atoms. The molecule has 0 radical (unpaired) electrons. The zero-order valence-corrected chi connectivity index (χ0v) is 13.5. The molecule has 1 amide bonds. The lowest BCUT2D eigenvalue weighted by Gasteiger charge is -2.18. The minimum absolute atomic E-state index is 0.105. The smallest absolute Gasteiger partial charge is 0.249 e. The summed E-state index contributed by atoms with van der Waals surface area (Å²) in [7, 11) is 0. The van der Waals surface area contributed by atoms with Gasteiger partial charge in [-0.1, -0.05) is 32.0 Å². The first-order chi connectivity index (χ1) is 10.5. The molecular formula is C16H22N4O2. The second-order valence-electron chi connectivity index (χ2n) is 5.66. The number of hydrogen-bond acceptors (Lipinski definition) is 5. The van der Waals surface area contributed by atoms with E-state index < -0.39 is 0 Å². The zero-order valence-electron chi connectivity index (χ0n) is 13.5. The van der Waals surface area contributed by atoms with Crippen LogP contribution >= 0.6 is 0 Å². The molecule has 2 aromatic rings. The Labute approximate surface area is 130 Å². The minimum Gasteiger partial charge on any atom is -0.344 e. The summed E-state index contributed by atoms with van der Waals surface area (Å²) < 4.78 is 5.18. The molecule has 0 aliphatic carbocycles. The monoisotopic (exact) mass is 302 g/mol. The van der Waals surface area contributed by atoms with E-state index in [1.54, 1.807) is 6.92 Å². The van der Waals surface area contributed by atoms with Gasteiger partial charge in [0.15, 0.2) is 5.82 Å². The average molecular weight is 302 g/mol. The van der Waals surface area contributed by atoms with Gasteiger partial charge in [0, 0.05) is 11.9 Å². The summed E-state index contributed by atoms with van der Waals surface area (Å²) in [4.78, 5) is 20.7. The molecule has 0 spiro atoms. The number of rotatable bonds is 6. The van der Waals surface area contributed by atoms with Crippen molar-refractivity contribution in [3.8, 4) is 0 Å². The van der Waals surface area contributed by atoms with Gasteiger partial charge in [0.2, 0.25) is 11.8 Å². The fraction of sp³-hybridized carbons (Fsp3) is 0.500. The van der Waals surface area contributed by atoms with Crippen LogP contribution in [0.1, 0.15) is 49.8 Å². The molecule has 0 saturated carbocycles. The number of carbonyl (C=O) groups excluding carboxylic acids is 1. The van der Waals surface area contributed by atoms with Gasteiger partial charge in [-0.2, -0.15) is 4.98 Å². The lowest BCUT2D eigenvalue weighted by atomic mass is 10.0. The van der Waals surface area contributed by atoms with Crippen LogP contribution in [-0.4, -0.2) is 21.0 Å². The predicted molar refractivity (Wildman–Crippen MR) is 82.1 cm³/mol. The Bertz CT molecular complexity index is 619. The Morgan fingerprint density at radius 1 is 1.36 bits per heavy atom. The van der Waals surface area contributed by atoms with Crippen LogP contribution in [0.15, 0.2) is 22.9 Å². The maximum Gasteiger partial charge on any atom is 0.249 e. The van der Waals surface area contributed by atoms with Crippen molar-refractivity contribution in [1.82, 2.24) is 20.4 Å². The maximum absolute atomic E-state index is 12.2. The standard InChI is InChI=1S/C16H22N4O2/c1-5-12-6-7-13(17-9-12)8-14(21)19-15(10(2)3)16-18-11(4)20-22-16/h6-7,9-10,15H,5,8H2,1-4H3,(H,19,21). The molecule has 0 saturated heterocycles. The van der Waals surface area contributed by atoms with Gasteiger partial charge in [-0.3, -0.25) is 9.78 Å². The van der Waals surface area contributed by atoms with Gasteiger partial charge in [-0.25, -0.2) is 0 Å². The third-order valence-electron chi connectivity index (χ3n) is 3.43. The largest absolute Gasteiger partial charge is 0.344 e. The highest BCUT2D eigenvalue weighted by Gasteiger charge is 2.24. The van der Waals surface area contributed by atoms with Crippen LogP contribution in [0.2, 0.25) is 0 Å². The van der Waals surface area contributed by atoms with Gasteiger partial charge in [0.25, 0.3) is 0 Å². The van der Waals surface area contributed by atoms with Crippen molar-refractivity contribution in [2.75, 3.05) is 0 Å². The van der Waals surface area contributed by atoms with Gasteiger partial charge in [0.05, 0.1) is 6.42 Å². The highest BCUT2D eigenvalue weighted by atomic mass is 16.5. The van der Waals surface area contributed by atoms with Crippen LogP contribution < -0.4 is 5.32 Å². The third-order valence-corrected chi connectivity index (χ3v) is 3.43. The Kier molecular flexibility index (Phi) is 5.25. The molecule has 0 fully saturated rings. The summed E-state index contributed by atoms with van der Waals surface area (Å²) in [5, 5.41) is 6.73. The van der Waals surface area contributed by atoms with E-state index in [4.69, 9.17) is 4.52 Å². The van der Waals surface area contributed by atoms with Crippen LogP contribution in [0.4, 0.5) is 0 Å². The molecule has 2 aromatic heterocycles. The summed E-state index contributed by atoms with van der Waals surface area (Å²) in [6.07, 6.45) is 2.98. The summed E-state index contributed by atoms with van der Waals surface area (Å²) >= 11 is 0. The van der Waals surface area contributed by atoms with Crippen molar-refractivity contribution < 1.29 is 9.32 Å². The summed E-state index contributed by atoms with van der Waals surface area (Å²) in [5.74, 6) is 1.05. The van der Waals surface area contributed by atoms with Gasteiger partial charge >= 0.3 is 0 Å². The van der Waals surface area contributed by atoms with Crippen molar-refractivity contribution in [3.63, 3.8) is 0 Å². The maximum atomic E-state index is 12.2. The number of hydrogen-bond donors (Lipinski definition) is 1. The van der Waals surface area contributed by atoms with Crippen LogP contribution in [0.3, 0.4) is 0 Å². The Morgan fingerprint density at radius 3 is 2.64 bits per heavy atom. The van der Waals surface area contributed by atoms with Crippen molar-refractivity contribution in [1.29, 1.82) is 0 Å². The molecule has 6 nitrogen and oxygen atoms in total. The number of pyridine rings is 1. The number of nitrogens with zero attached hydrogens (tertiary/aromatic N) is 3. The van der Waals surface area contributed by atoms with E-state index in [-0.39, 0.29) is 24.3 Å². The van der Waals surface area contributed by atoms with Gasteiger partial charge < -0.3 is 9.84 Å². The predicted octanol–water partition coefficient (Wildman–Crippen LogP) is 2.39. The van der Waals surface area contributed by atoms with Crippen molar-refractivity contribution in [3.05, 3.63) is 41.3 Å². The lowest BCUT2D eigenvalue weighted by molar-refractivity contribution is -0.121. The van der Waals surface area contributed by atoms with E-state index in [9.17, 15) is 4.79 Å². The van der Waals surface area contributed by atoms with Crippen molar-refractivity contribution in [2.24, 2.45) is 5.92 Å². The Hall–Kier alpha value is -2.24. The third kappa shape index (κ3) is 4.13. The average Bonchev–Trinajstić information content (AvgIpc) is 2.91. The van der Waals surface area contributed by atoms with Crippen LogP contribution in [0.5, 0.6) is 0 Å².